The summed E-state index contributed by atoms with van der Waals surface area (Å²) < 4.78 is 4.65. The first-order valence-corrected chi connectivity index (χ1v) is 4.52. The molecule has 0 atom stereocenters. The summed E-state index contributed by atoms with van der Waals surface area (Å²) in [5.74, 6) is -0.270. The molecule has 0 spiro atoms. The van der Waals surface area contributed by atoms with Crippen molar-refractivity contribution >= 4 is 5.97 Å². The molecule has 0 aromatic heterocycles. The summed E-state index contributed by atoms with van der Waals surface area (Å²) >= 11 is 0. The topological polar surface area (TPSA) is 52.3 Å². The van der Waals surface area contributed by atoms with Crippen molar-refractivity contribution in [2.45, 2.75) is 33.1 Å². The van der Waals surface area contributed by atoms with Crippen molar-refractivity contribution in [1.82, 2.24) is 0 Å². The largest absolute Gasteiger partial charge is 0.466 e. The van der Waals surface area contributed by atoms with Crippen LogP contribution in [0.4, 0.5) is 0 Å². The summed E-state index contributed by atoms with van der Waals surface area (Å²) in [5, 5.41) is 0. The molecule has 13 heavy (non-hydrogen) atoms. The predicted molar refractivity (Wildman–Crippen MR) is 50.9 cm³/mol. The Bertz CT molecular complexity index is 254. The monoisotopic (exact) mass is 183 g/mol. The molecule has 0 saturated carbocycles. The average Bonchev–Trinajstić information content (AvgIpc) is 2.01. The zero-order valence-electron chi connectivity index (χ0n) is 8.52. The van der Waals surface area contributed by atoms with E-state index in [-0.39, 0.29) is 11.4 Å². The Kier molecular flexibility index (Phi) is 2.64. The predicted octanol–water partition coefficient (Wildman–Crippen LogP) is 1.58. The van der Waals surface area contributed by atoms with Gasteiger partial charge in [0.15, 0.2) is 0 Å². The molecule has 0 radical (unpaired) electrons. The van der Waals surface area contributed by atoms with E-state index in [0.29, 0.717) is 11.3 Å². The van der Waals surface area contributed by atoms with Crippen LogP contribution < -0.4 is 5.73 Å². The fourth-order valence-electron chi connectivity index (χ4n) is 1.69. The van der Waals surface area contributed by atoms with Crippen LogP contribution in [0.15, 0.2) is 11.3 Å². The molecular formula is C10H17NO2. The standard InChI is InChI=1S/C10H17NO2/c1-10(2)5-4-7(8(11)6-10)9(12)13-3/h4-6,11H2,1-3H3. The second-order valence-electron chi connectivity index (χ2n) is 4.34. The maximum absolute atomic E-state index is 11.2. The summed E-state index contributed by atoms with van der Waals surface area (Å²) in [7, 11) is 1.39. The van der Waals surface area contributed by atoms with Gasteiger partial charge < -0.3 is 10.5 Å². The van der Waals surface area contributed by atoms with Gasteiger partial charge in [-0.3, -0.25) is 0 Å². The van der Waals surface area contributed by atoms with Crippen LogP contribution in [0.25, 0.3) is 0 Å². The lowest BCUT2D eigenvalue weighted by atomic mass is 9.77. The molecule has 1 aliphatic rings. The van der Waals surface area contributed by atoms with Crippen LogP contribution in [-0.4, -0.2) is 13.1 Å². The number of nitrogens with two attached hydrogens (primary N) is 1. The van der Waals surface area contributed by atoms with Crippen molar-refractivity contribution < 1.29 is 9.53 Å². The van der Waals surface area contributed by atoms with Crippen molar-refractivity contribution in [2.24, 2.45) is 11.1 Å². The highest BCUT2D eigenvalue weighted by molar-refractivity contribution is 5.89. The smallest absolute Gasteiger partial charge is 0.335 e. The van der Waals surface area contributed by atoms with Crippen molar-refractivity contribution in [3.63, 3.8) is 0 Å². The van der Waals surface area contributed by atoms with Crippen LogP contribution in [-0.2, 0) is 9.53 Å². The van der Waals surface area contributed by atoms with Crippen LogP contribution in [0.5, 0.6) is 0 Å². The van der Waals surface area contributed by atoms with Gasteiger partial charge in [0.25, 0.3) is 0 Å². The molecule has 0 amide bonds. The number of hydrogen-bond donors (Lipinski definition) is 1. The average molecular weight is 183 g/mol. The minimum absolute atomic E-state index is 0.224. The zero-order chi connectivity index (χ0) is 10.1. The van der Waals surface area contributed by atoms with Crippen LogP contribution >= 0.6 is 0 Å². The van der Waals surface area contributed by atoms with E-state index in [9.17, 15) is 4.79 Å². The van der Waals surface area contributed by atoms with E-state index < -0.39 is 0 Å². The molecule has 2 N–H and O–H groups in total. The normalized spacial score (nSPS) is 21.5. The Labute approximate surface area is 78.9 Å². The molecule has 1 aliphatic carbocycles. The Morgan fingerprint density at radius 1 is 1.54 bits per heavy atom. The van der Waals surface area contributed by atoms with E-state index in [1.807, 2.05) is 0 Å². The van der Waals surface area contributed by atoms with Crippen molar-refractivity contribution in [3.05, 3.63) is 11.3 Å². The number of esters is 1. The molecule has 0 fully saturated rings. The Morgan fingerprint density at radius 3 is 2.62 bits per heavy atom. The third kappa shape index (κ3) is 2.23. The Balaban J connectivity index is 2.83. The summed E-state index contributed by atoms with van der Waals surface area (Å²) in [6, 6.07) is 0. The molecule has 3 heteroatoms. The SMILES string of the molecule is COC(=O)C1=C(N)CC(C)(C)CC1. The van der Waals surface area contributed by atoms with Gasteiger partial charge in [0.2, 0.25) is 0 Å². The fourth-order valence-corrected chi connectivity index (χ4v) is 1.69. The molecule has 0 bridgehead atoms. The first-order valence-electron chi connectivity index (χ1n) is 4.52. The van der Waals surface area contributed by atoms with Gasteiger partial charge in [-0.2, -0.15) is 0 Å². The first kappa shape index (κ1) is 10.1. The molecule has 0 aromatic carbocycles. The second kappa shape index (κ2) is 3.40. The van der Waals surface area contributed by atoms with Gasteiger partial charge in [-0.05, 0) is 24.7 Å². The van der Waals surface area contributed by atoms with Gasteiger partial charge in [-0.15, -0.1) is 0 Å². The van der Waals surface area contributed by atoms with Crippen LogP contribution in [0, 0.1) is 5.41 Å². The zero-order valence-corrected chi connectivity index (χ0v) is 8.52. The third-order valence-electron chi connectivity index (χ3n) is 2.54. The summed E-state index contributed by atoms with van der Waals surface area (Å²) in [4.78, 5) is 11.2. The summed E-state index contributed by atoms with van der Waals surface area (Å²) in [6.45, 7) is 4.32. The maximum atomic E-state index is 11.2. The number of carbonyl (C=O) groups excluding carboxylic acids is 1. The third-order valence-corrected chi connectivity index (χ3v) is 2.54. The van der Waals surface area contributed by atoms with E-state index >= 15 is 0 Å². The van der Waals surface area contributed by atoms with E-state index in [2.05, 4.69) is 18.6 Å². The first-order chi connectivity index (χ1) is 5.96. The Hall–Kier alpha value is -0.990. The highest BCUT2D eigenvalue weighted by Crippen LogP contribution is 2.36. The molecule has 1 rings (SSSR count). The lowest BCUT2D eigenvalue weighted by molar-refractivity contribution is -0.136. The van der Waals surface area contributed by atoms with E-state index in [4.69, 9.17) is 5.73 Å². The second-order valence-corrected chi connectivity index (χ2v) is 4.34. The molecule has 3 nitrogen and oxygen atoms in total. The summed E-state index contributed by atoms with van der Waals surface area (Å²) in [6.07, 6.45) is 2.53. The number of methoxy groups -OCH3 is 1. The lowest BCUT2D eigenvalue weighted by Crippen LogP contribution is -2.25. The number of ether oxygens (including phenoxy) is 1. The number of allylic oxidation sites excluding steroid dienone is 1. The van der Waals surface area contributed by atoms with Gasteiger partial charge in [-0.25, -0.2) is 4.79 Å². The lowest BCUT2D eigenvalue weighted by Gasteiger charge is -2.30. The van der Waals surface area contributed by atoms with Crippen LogP contribution in [0.3, 0.4) is 0 Å². The molecule has 74 valence electrons. The fraction of sp³-hybridized carbons (Fsp3) is 0.700. The highest BCUT2D eigenvalue weighted by atomic mass is 16.5. The minimum atomic E-state index is -0.270. The summed E-state index contributed by atoms with van der Waals surface area (Å²) in [5.41, 5.74) is 7.40. The van der Waals surface area contributed by atoms with Gasteiger partial charge >= 0.3 is 5.97 Å². The van der Waals surface area contributed by atoms with Crippen LogP contribution in [0.2, 0.25) is 0 Å². The molecule has 0 heterocycles. The van der Waals surface area contributed by atoms with Crippen molar-refractivity contribution in [1.29, 1.82) is 0 Å². The molecule has 0 aromatic rings. The molecule has 0 unspecified atom stereocenters. The number of hydrogen-bond acceptors (Lipinski definition) is 3. The van der Waals surface area contributed by atoms with E-state index in [0.717, 1.165) is 19.3 Å². The van der Waals surface area contributed by atoms with Gasteiger partial charge in [0.1, 0.15) is 0 Å². The molecular weight excluding hydrogens is 166 g/mol. The number of rotatable bonds is 1. The Morgan fingerprint density at radius 2 is 2.15 bits per heavy atom. The molecule has 0 saturated heterocycles. The van der Waals surface area contributed by atoms with Gasteiger partial charge in [0.05, 0.1) is 12.7 Å². The minimum Gasteiger partial charge on any atom is -0.466 e. The van der Waals surface area contributed by atoms with Crippen molar-refractivity contribution in [2.75, 3.05) is 7.11 Å². The van der Waals surface area contributed by atoms with Crippen LogP contribution in [0.1, 0.15) is 33.1 Å². The van der Waals surface area contributed by atoms with Gasteiger partial charge in [0, 0.05) is 5.70 Å². The highest BCUT2D eigenvalue weighted by Gasteiger charge is 2.28. The van der Waals surface area contributed by atoms with Gasteiger partial charge in [-0.1, -0.05) is 13.8 Å². The van der Waals surface area contributed by atoms with E-state index in [1.165, 1.54) is 7.11 Å². The molecule has 0 aliphatic heterocycles. The number of carbonyl (C=O) groups is 1. The maximum Gasteiger partial charge on any atom is 0.335 e. The van der Waals surface area contributed by atoms with E-state index in [1.54, 1.807) is 0 Å². The van der Waals surface area contributed by atoms with Crippen molar-refractivity contribution in [3.8, 4) is 0 Å². The quantitative estimate of drug-likeness (QED) is 0.628.